The fraction of sp³-hybridized carbons (Fsp3) is 0.316. The van der Waals surface area contributed by atoms with Crippen molar-refractivity contribution in [1.82, 2.24) is 10.6 Å². The average molecular weight is 310 g/mol. The lowest BCUT2D eigenvalue weighted by atomic mass is 9.95. The van der Waals surface area contributed by atoms with Crippen molar-refractivity contribution in [2.75, 3.05) is 6.54 Å². The zero-order chi connectivity index (χ0) is 15.9. The largest absolute Gasteiger partial charge is 0.354 e. The minimum atomic E-state index is -0.404. The van der Waals surface area contributed by atoms with Gasteiger partial charge < -0.3 is 5.32 Å². The van der Waals surface area contributed by atoms with Crippen LogP contribution in [-0.4, -0.2) is 18.0 Å². The molecule has 4 rings (SSSR count). The standard InChI is InChI=1S/C19H19FN2O/c20-16-7-2-1-6-15(16)13-4-3-5-14(12-13)17-8-9-19(22-17)10-11-21-18(19)23/h1-7,12,17,22H,8-11H2,(H,21,23)/t17-,19-/m0/s1. The van der Waals surface area contributed by atoms with Crippen molar-refractivity contribution < 1.29 is 9.18 Å². The van der Waals surface area contributed by atoms with Crippen LogP contribution < -0.4 is 10.6 Å². The summed E-state index contributed by atoms with van der Waals surface area (Å²) in [5, 5.41) is 6.44. The van der Waals surface area contributed by atoms with Crippen molar-refractivity contribution in [2.45, 2.75) is 30.8 Å². The number of carbonyl (C=O) groups is 1. The zero-order valence-electron chi connectivity index (χ0n) is 12.8. The number of amides is 1. The van der Waals surface area contributed by atoms with Crippen LogP contribution in [-0.2, 0) is 4.79 Å². The van der Waals surface area contributed by atoms with Gasteiger partial charge in [-0.1, -0.05) is 36.4 Å². The van der Waals surface area contributed by atoms with Crippen molar-refractivity contribution in [3.63, 3.8) is 0 Å². The van der Waals surface area contributed by atoms with E-state index >= 15 is 0 Å². The Morgan fingerprint density at radius 1 is 1.09 bits per heavy atom. The molecule has 2 aromatic rings. The average Bonchev–Trinajstić information content (AvgIpc) is 3.16. The molecule has 2 N–H and O–H groups in total. The summed E-state index contributed by atoms with van der Waals surface area (Å²) >= 11 is 0. The van der Waals surface area contributed by atoms with Gasteiger partial charge in [0.25, 0.3) is 0 Å². The van der Waals surface area contributed by atoms with Gasteiger partial charge in [-0.2, -0.15) is 0 Å². The Kier molecular flexibility index (Phi) is 3.42. The molecule has 0 aromatic heterocycles. The molecule has 0 saturated carbocycles. The smallest absolute Gasteiger partial charge is 0.240 e. The van der Waals surface area contributed by atoms with Gasteiger partial charge in [0.15, 0.2) is 0 Å². The molecule has 0 bridgehead atoms. The van der Waals surface area contributed by atoms with Crippen LogP contribution in [0.25, 0.3) is 11.1 Å². The van der Waals surface area contributed by atoms with Crippen molar-refractivity contribution >= 4 is 5.91 Å². The molecule has 4 heteroatoms. The molecule has 0 unspecified atom stereocenters. The normalized spacial score (nSPS) is 26.7. The molecule has 3 nitrogen and oxygen atoms in total. The minimum Gasteiger partial charge on any atom is -0.354 e. The molecule has 2 aliphatic rings. The molecular weight excluding hydrogens is 291 g/mol. The number of halogens is 1. The fourth-order valence-corrected chi connectivity index (χ4v) is 3.79. The molecule has 2 aromatic carbocycles. The summed E-state index contributed by atoms with van der Waals surface area (Å²) in [7, 11) is 0. The maximum Gasteiger partial charge on any atom is 0.240 e. The Labute approximate surface area is 134 Å². The number of carbonyl (C=O) groups excluding carboxylic acids is 1. The third-order valence-electron chi connectivity index (χ3n) is 5.06. The molecular formula is C19H19FN2O. The maximum absolute atomic E-state index is 14.0. The topological polar surface area (TPSA) is 41.1 Å². The third kappa shape index (κ3) is 2.43. The summed E-state index contributed by atoms with van der Waals surface area (Å²) in [6.07, 6.45) is 2.62. The number of hydrogen-bond acceptors (Lipinski definition) is 2. The second-order valence-corrected chi connectivity index (χ2v) is 6.43. The van der Waals surface area contributed by atoms with E-state index in [9.17, 15) is 9.18 Å². The first kappa shape index (κ1) is 14.4. The van der Waals surface area contributed by atoms with Crippen LogP contribution in [0.1, 0.15) is 30.9 Å². The van der Waals surface area contributed by atoms with Gasteiger partial charge in [0.1, 0.15) is 11.4 Å². The number of nitrogens with one attached hydrogen (secondary N) is 2. The molecule has 0 aliphatic carbocycles. The highest BCUT2D eigenvalue weighted by Gasteiger charge is 2.47. The van der Waals surface area contributed by atoms with Crippen molar-refractivity contribution in [2.24, 2.45) is 0 Å². The number of benzene rings is 2. The van der Waals surface area contributed by atoms with Gasteiger partial charge in [0.2, 0.25) is 5.91 Å². The van der Waals surface area contributed by atoms with Gasteiger partial charge in [-0.3, -0.25) is 10.1 Å². The van der Waals surface area contributed by atoms with Crippen LogP contribution >= 0.6 is 0 Å². The first-order chi connectivity index (χ1) is 11.2. The molecule has 2 saturated heterocycles. The fourth-order valence-electron chi connectivity index (χ4n) is 3.79. The first-order valence-electron chi connectivity index (χ1n) is 8.09. The summed E-state index contributed by atoms with van der Waals surface area (Å²) in [6, 6.07) is 14.9. The quantitative estimate of drug-likeness (QED) is 0.894. The molecule has 1 spiro atoms. The summed E-state index contributed by atoms with van der Waals surface area (Å²) < 4.78 is 14.0. The van der Waals surface area contributed by atoms with Crippen molar-refractivity contribution in [3.05, 3.63) is 59.9 Å². The predicted octanol–water partition coefficient (Wildman–Crippen LogP) is 3.18. The van der Waals surface area contributed by atoms with E-state index in [4.69, 9.17) is 0 Å². The van der Waals surface area contributed by atoms with E-state index in [-0.39, 0.29) is 17.8 Å². The third-order valence-corrected chi connectivity index (χ3v) is 5.06. The second-order valence-electron chi connectivity index (χ2n) is 6.43. The highest BCUT2D eigenvalue weighted by Crippen LogP contribution is 2.38. The van der Waals surface area contributed by atoms with Crippen LogP contribution in [0.3, 0.4) is 0 Å². The van der Waals surface area contributed by atoms with Crippen LogP contribution in [0.4, 0.5) is 4.39 Å². The Hall–Kier alpha value is -2.20. The zero-order valence-corrected chi connectivity index (χ0v) is 12.8. The van der Waals surface area contributed by atoms with Crippen molar-refractivity contribution in [1.29, 1.82) is 0 Å². The van der Waals surface area contributed by atoms with E-state index in [0.717, 1.165) is 36.9 Å². The lowest BCUT2D eigenvalue weighted by molar-refractivity contribution is -0.124. The van der Waals surface area contributed by atoms with E-state index in [1.165, 1.54) is 6.07 Å². The summed E-state index contributed by atoms with van der Waals surface area (Å²) in [4.78, 5) is 12.1. The van der Waals surface area contributed by atoms with Crippen LogP contribution in [0, 0.1) is 5.82 Å². The van der Waals surface area contributed by atoms with Crippen LogP contribution in [0.15, 0.2) is 48.5 Å². The van der Waals surface area contributed by atoms with Gasteiger partial charge in [-0.25, -0.2) is 4.39 Å². The highest BCUT2D eigenvalue weighted by molar-refractivity contribution is 5.88. The van der Waals surface area contributed by atoms with Gasteiger partial charge >= 0.3 is 0 Å². The Morgan fingerprint density at radius 3 is 2.74 bits per heavy atom. The van der Waals surface area contributed by atoms with E-state index in [1.807, 2.05) is 30.3 Å². The second kappa shape index (κ2) is 5.46. The van der Waals surface area contributed by atoms with E-state index in [0.29, 0.717) is 5.56 Å². The Morgan fingerprint density at radius 2 is 1.96 bits per heavy atom. The SMILES string of the molecule is O=C1NCC[C@@]12CC[C@@H](c1cccc(-c3ccccc3F)c1)N2. The molecule has 118 valence electrons. The number of rotatable bonds is 2. The molecule has 2 heterocycles. The molecule has 23 heavy (non-hydrogen) atoms. The van der Waals surface area contributed by atoms with E-state index in [2.05, 4.69) is 10.6 Å². The van der Waals surface area contributed by atoms with Crippen LogP contribution in [0.5, 0.6) is 0 Å². The summed E-state index contributed by atoms with van der Waals surface area (Å²) in [5.74, 6) is -0.0964. The highest BCUT2D eigenvalue weighted by atomic mass is 19.1. The van der Waals surface area contributed by atoms with Crippen LogP contribution in [0.2, 0.25) is 0 Å². The molecule has 1 amide bonds. The van der Waals surface area contributed by atoms with E-state index in [1.54, 1.807) is 12.1 Å². The predicted molar refractivity (Wildman–Crippen MR) is 87.3 cm³/mol. The van der Waals surface area contributed by atoms with Crippen molar-refractivity contribution in [3.8, 4) is 11.1 Å². The Balaban J connectivity index is 1.63. The molecule has 0 radical (unpaired) electrons. The van der Waals surface area contributed by atoms with Gasteiger partial charge in [0, 0.05) is 18.2 Å². The summed E-state index contributed by atoms with van der Waals surface area (Å²) in [5.41, 5.74) is 2.20. The van der Waals surface area contributed by atoms with Gasteiger partial charge in [-0.05, 0) is 42.5 Å². The summed E-state index contributed by atoms with van der Waals surface area (Å²) in [6.45, 7) is 0.744. The van der Waals surface area contributed by atoms with E-state index < -0.39 is 5.54 Å². The first-order valence-corrected chi connectivity index (χ1v) is 8.09. The molecule has 2 atom stereocenters. The molecule has 2 aliphatic heterocycles. The van der Waals surface area contributed by atoms with Gasteiger partial charge in [-0.15, -0.1) is 0 Å². The molecule has 2 fully saturated rings. The maximum atomic E-state index is 14.0. The lowest BCUT2D eigenvalue weighted by Gasteiger charge is -2.22. The Bertz CT molecular complexity index is 761. The minimum absolute atomic E-state index is 0.116. The monoisotopic (exact) mass is 310 g/mol. The number of hydrogen-bond donors (Lipinski definition) is 2. The lowest BCUT2D eigenvalue weighted by Crippen LogP contribution is -2.47. The van der Waals surface area contributed by atoms with Gasteiger partial charge in [0.05, 0.1) is 0 Å².